The quantitative estimate of drug-likeness (QED) is 0.607. The number of piperazine rings is 1. The lowest BCUT2D eigenvalue weighted by atomic mass is 10.2. The van der Waals surface area contributed by atoms with Gasteiger partial charge in [0.25, 0.3) is 5.91 Å². The number of hydrogen-bond acceptors (Lipinski definition) is 6. The van der Waals surface area contributed by atoms with E-state index in [-0.39, 0.29) is 22.2 Å². The third-order valence-corrected chi connectivity index (χ3v) is 5.68. The van der Waals surface area contributed by atoms with Crippen molar-refractivity contribution in [2.75, 3.05) is 44.2 Å². The van der Waals surface area contributed by atoms with Crippen LogP contribution in [0.4, 0.5) is 23.8 Å². The molecule has 1 aliphatic rings. The highest BCUT2D eigenvalue weighted by Crippen LogP contribution is 2.33. The normalized spacial score (nSPS) is 14.8. The summed E-state index contributed by atoms with van der Waals surface area (Å²) in [6.45, 7) is 2.53. The minimum atomic E-state index is -4.51. The summed E-state index contributed by atoms with van der Waals surface area (Å²) in [6, 6.07) is 5.11. The average molecular weight is 526 g/mol. The minimum absolute atomic E-state index is 0.0345. The number of hydrogen-bond donors (Lipinski definition) is 1. The maximum absolute atomic E-state index is 12.8. The summed E-state index contributed by atoms with van der Waals surface area (Å²) in [7, 11) is 0. The van der Waals surface area contributed by atoms with Crippen LogP contribution in [0.1, 0.15) is 15.9 Å². The van der Waals surface area contributed by atoms with Crippen LogP contribution in [0, 0.1) is 0 Å². The van der Waals surface area contributed by atoms with E-state index in [9.17, 15) is 22.8 Å². The molecule has 0 unspecified atom stereocenters. The van der Waals surface area contributed by atoms with Crippen molar-refractivity contribution in [3.8, 4) is 0 Å². The Labute approximate surface area is 202 Å². The summed E-state index contributed by atoms with van der Waals surface area (Å²) >= 11 is 17.7. The molecule has 1 aromatic carbocycles. The third kappa shape index (κ3) is 6.86. The van der Waals surface area contributed by atoms with Crippen LogP contribution in [0.25, 0.3) is 0 Å². The molecule has 2 amide bonds. The zero-order chi connectivity index (χ0) is 24.2. The van der Waals surface area contributed by atoms with Crippen molar-refractivity contribution in [1.29, 1.82) is 0 Å². The largest absolute Gasteiger partial charge is 0.448 e. The van der Waals surface area contributed by atoms with Crippen molar-refractivity contribution in [2.24, 2.45) is 0 Å². The number of pyridine rings is 1. The van der Waals surface area contributed by atoms with Crippen molar-refractivity contribution in [3.63, 3.8) is 0 Å². The van der Waals surface area contributed by atoms with Crippen LogP contribution in [0.3, 0.4) is 0 Å². The fraction of sp³-hybridized carbons (Fsp3) is 0.350. The predicted octanol–water partition coefficient (Wildman–Crippen LogP) is 4.75. The molecule has 1 aromatic heterocycles. The molecule has 1 fully saturated rings. The fourth-order valence-corrected chi connectivity index (χ4v) is 3.92. The molecule has 2 aromatic rings. The monoisotopic (exact) mass is 524 g/mol. The second-order valence-corrected chi connectivity index (χ2v) is 8.32. The van der Waals surface area contributed by atoms with Gasteiger partial charge in [-0.05, 0) is 24.3 Å². The number of rotatable bonds is 5. The predicted molar refractivity (Wildman–Crippen MR) is 118 cm³/mol. The average Bonchev–Trinajstić information content (AvgIpc) is 2.73. The smallest absolute Gasteiger partial charge is 0.417 e. The molecule has 0 atom stereocenters. The molecular formula is C20H18Cl3F3N4O3. The van der Waals surface area contributed by atoms with Gasteiger partial charge in [-0.3, -0.25) is 15.0 Å². The number of amides is 2. The van der Waals surface area contributed by atoms with Gasteiger partial charge in [-0.2, -0.15) is 13.2 Å². The van der Waals surface area contributed by atoms with Crippen LogP contribution >= 0.6 is 34.8 Å². The molecule has 0 saturated carbocycles. The first-order chi connectivity index (χ1) is 15.5. The van der Waals surface area contributed by atoms with Crippen LogP contribution < -0.4 is 10.2 Å². The molecule has 0 bridgehead atoms. The van der Waals surface area contributed by atoms with Crippen LogP contribution in [-0.2, 0) is 10.9 Å². The number of anilines is 1. The van der Waals surface area contributed by atoms with Gasteiger partial charge in [0.05, 0.1) is 21.2 Å². The lowest BCUT2D eigenvalue weighted by molar-refractivity contribution is -0.137. The van der Waals surface area contributed by atoms with E-state index < -0.39 is 23.7 Å². The van der Waals surface area contributed by atoms with Gasteiger partial charge in [0.15, 0.2) is 0 Å². The number of alkyl halides is 3. The fourth-order valence-electron chi connectivity index (χ4n) is 3.14. The van der Waals surface area contributed by atoms with E-state index in [1.54, 1.807) is 4.90 Å². The lowest BCUT2D eigenvalue weighted by Crippen LogP contribution is -2.48. The molecule has 1 aliphatic heterocycles. The molecule has 0 spiro atoms. The third-order valence-electron chi connectivity index (χ3n) is 4.85. The number of aromatic nitrogens is 1. The summed E-state index contributed by atoms with van der Waals surface area (Å²) in [5.74, 6) is -0.421. The maximum atomic E-state index is 12.8. The van der Waals surface area contributed by atoms with Crippen molar-refractivity contribution < 1.29 is 27.5 Å². The van der Waals surface area contributed by atoms with E-state index in [2.05, 4.69) is 10.3 Å². The number of imide groups is 1. The van der Waals surface area contributed by atoms with Crippen molar-refractivity contribution in [2.45, 2.75) is 6.18 Å². The van der Waals surface area contributed by atoms with Gasteiger partial charge in [0.1, 0.15) is 12.4 Å². The topological polar surface area (TPSA) is 74.8 Å². The highest BCUT2D eigenvalue weighted by Gasteiger charge is 2.32. The zero-order valence-corrected chi connectivity index (χ0v) is 19.2. The number of benzene rings is 1. The lowest BCUT2D eigenvalue weighted by Gasteiger charge is -2.35. The number of carbonyl (C=O) groups excluding carboxylic acids is 2. The Morgan fingerprint density at radius 3 is 2.36 bits per heavy atom. The Morgan fingerprint density at radius 1 is 1.06 bits per heavy atom. The molecule has 2 heterocycles. The molecular weight excluding hydrogens is 508 g/mol. The first-order valence-electron chi connectivity index (χ1n) is 9.68. The van der Waals surface area contributed by atoms with E-state index in [0.717, 1.165) is 12.3 Å². The molecule has 3 rings (SSSR count). The molecule has 0 aliphatic carbocycles. The number of nitrogens with zero attached hydrogens (tertiary/aromatic N) is 3. The first-order valence-corrected chi connectivity index (χ1v) is 10.8. The van der Waals surface area contributed by atoms with Crippen molar-refractivity contribution in [3.05, 3.63) is 56.7 Å². The second kappa shape index (κ2) is 10.8. The standard InChI is InChI=1S/C20H18Cl3F3N4O3/c21-13-1-2-14(15(22)10-13)18(31)28-19(32)33-8-7-29-3-5-30(6-4-29)17-16(23)9-12(11-27-17)20(24,25)26/h1-2,9-11H,3-8H2,(H,28,31,32). The van der Waals surface area contributed by atoms with Crippen LogP contribution in [0.2, 0.25) is 15.1 Å². The number of halogens is 6. The zero-order valence-electron chi connectivity index (χ0n) is 17.0. The van der Waals surface area contributed by atoms with Gasteiger partial charge < -0.3 is 9.64 Å². The highest BCUT2D eigenvalue weighted by atomic mass is 35.5. The Bertz CT molecular complexity index is 1030. The van der Waals surface area contributed by atoms with Crippen molar-refractivity contribution in [1.82, 2.24) is 15.2 Å². The molecule has 33 heavy (non-hydrogen) atoms. The minimum Gasteiger partial charge on any atom is -0.448 e. The Kier molecular flexibility index (Phi) is 8.28. The summed E-state index contributed by atoms with van der Waals surface area (Å²) in [4.78, 5) is 31.6. The molecule has 0 radical (unpaired) electrons. The van der Waals surface area contributed by atoms with Crippen LogP contribution in [0.15, 0.2) is 30.5 Å². The number of nitrogens with one attached hydrogen (secondary N) is 1. The molecule has 1 saturated heterocycles. The summed E-state index contributed by atoms with van der Waals surface area (Å²) in [6.07, 6.45) is -4.66. The van der Waals surface area contributed by atoms with Gasteiger partial charge in [-0.15, -0.1) is 0 Å². The van der Waals surface area contributed by atoms with E-state index in [4.69, 9.17) is 39.5 Å². The molecule has 7 nitrogen and oxygen atoms in total. The van der Waals surface area contributed by atoms with Crippen LogP contribution in [0.5, 0.6) is 0 Å². The Hall–Kier alpha value is -2.27. The first kappa shape index (κ1) is 25.4. The van der Waals surface area contributed by atoms with Gasteiger partial charge in [-0.25, -0.2) is 9.78 Å². The second-order valence-electron chi connectivity index (χ2n) is 7.07. The highest BCUT2D eigenvalue weighted by molar-refractivity contribution is 6.37. The molecule has 1 N–H and O–H groups in total. The SMILES string of the molecule is O=C(NC(=O)c1ccc(Cl)cc1Cl)OCCN1CCN(c2ncc(C(F)(F)F)cc2Cl)CC1. The summed E-state index contributed by atoms with van der Waals surface area (Å²) in [5.41, 5.74) is -0.813. The molecule has 178 valence electrons. The van der Waals surface area contributed by atoms with E-state index >= 15 is 0 Å². The summed E-state index contributed by atoms with van der Waals surface area (Å²) in [5, 5.41) is 2.48. The van der Waals surface area contributed by atoms with Gasteiger partial charge in [0.2, 0.25) is 0 Å². The van der Waals surface area contributed by atoms with Crippen LogP contribution in [-0.4, -0.2) is 61.2 Å². The van der Waals surface area contributed by atoms with Gasteiger partial charge >= 0.3 is 12.3 Å². The Morgan fingerprint density at radius 2 is 1.76 bits per heavy atom. The molecule has 13 heteroatoms. The van der Waals surface area contributed by atoms with E-state index in [1.807, 2.05) is 4.90 Å². The maximum Gasteiger partial charge on any atom is 0.417 e. The van der Waals surface area contributed by atoms with E-state index in [0.29, 0.717) is 43.6 Å². The summed E-state index contributed by atoms with van der Waals surface area (Å²) < 4.78 is 43.3. The number of carbonyl (C=O) groups is 2. The van der Waals surface area contributed by atoms with Gasteiger partial charge in [-0.1, -0.05) is 34.8 Å². The van der Waals surface area contributed by atoms with E-state index in [1.165, 1.54) is 18.2 Å². The van der Waals surface area contributed by atoms with Gasteiger partial charge in [0, 0.05) is 43.9 Å². The number of alkyl carbamates (subject to hydrolysis) is 1. The Balaban J connectivity index is 1.42. The number of ether oxygens (including phenoxy) is 1. The van der Waals surface area contributed by atoms with Crippen molar-refractivity contribution >= 4 is 52.6 Å².